The van der Waals surface area contributed by atoms with Crippen LogP contribution in [0, 0.1) is 5.92 Å². The number of hydrogen-bond acceptors (Lipinski definition) is 4. The molecule has 1 saturated heterocycles. The first-order chi connectivity index (χ1) is 11.2. The Kier molecular flexibility index (Phi) is 5.03. The molecule has 0 aliphatic carbocycles. The number of nitrogens with zero attached hydrogens (tertiary/aromatic N) is 4. The monoisotopic (exact) mass is 310 g/mol. The van der Waals surface area contributed by atoms with E-state index >= 15 is 0 Å². The van der Waals surface area contributed by atoms with Crippen molar-refractivity contribution in [2.75, 3.05) is 27.2 Å². The highest BCUT2D eigenvalue weighted by molar-refractivity contribution is 5.17. The Bertz CT molecular complexity index is 601. The fourth-order valence-electron chi connectivity index (χ4n) is 3.67. The summed E-state index contributed by atoms with van der Waals surface area (Å²) in [5.74, 6) is 0.625. The summed E-state index contributed by atoms with van der Waals surface area (Å²) < 4.78 is 0. The number of rotatable bonds is 5. The molecule has 0 unspecified atom stereocenters. The molecular weight excluding hydrogens is 284 g/mol. The third-order valence-electron chi connectivity index (χ3n) is 5.10. The first-order valence-corrected chi connectivity index (χ1v) is 8.38. The molecule has 4 heteroatoms. The molecular formula is C19H26N4. The van der Waals surface area contributed by atoms with E-state index in [-0.39, 0.29) is 0 Å². The third-order valence-corrected chi connectivity index (χ3v) is 5.10. The lowest BCUT2D eigenvalue weighted by molar-refractivity contribution is 0.183. The van der Waals surface area contributed by atoms with Gasteiger partial charge in [0.2, 0.25) is 0 Å². The van der Waals surface area contributed by atoms with Gasteiger partial charge in [-0.3, -0.25) is 19.8 Å². The smallest absolute Gasteiger partial charge is 0.0572 e. The highest BCUT2D eigenvalue weighted by Crippen LogP contribution is 2.37. The van der Waals surface area contributed by atoms with Crippen molar-refractivity contribution in [2.24, 2.45) is 5.92 Å². The van der Waals surface area contributed by atoms with E-state index in [1.54, 1.807) is 0 Å². The highest BCUT2D eigenvalue weighted by atomic mass is 15.2. The van der Waals surface area contributed by atoms with Crippen LogP contribution in [0.1, 0.15) is 36.7 Å². The van der Waals surface area contributed by atoms with Gasteiger partial charge in [0.05, 0.1) is 5.69 Å². The predicted octanol–water partition coefficient (Wildman–Crippen LogP) is 3.16. The lowest BCUT2D eigenvalue weighted by Gasteiger charge is -2.31. The van der Waals surface area contributed by atoms with Crippen LogP contribution >= 0.6 is 0 Å². The molecule has 1 aliphatic heterocycles. The highest BCUT2D eigenvalue weighted by Gasteiger charge is 2.34. The van der Waals surface area contributed by atoms with Crippen LogP contribution in [0.3, 0.4) is 0 Å². The molecule has 0 N–H and O–H groups in total. The molecule has 0 radical (unpaired) electrons. The quantitative estimate of drug-likeness (QED) is 0.849. The molecule has 1 aliphatic rings. The van der Waals surface area contributed by atoms with E-state index in [1.807, 2.05) is 30.7 Å². The standard InChI is InChI=1S/C19H26N4/c1-15(18-8-4-5-11-21-18)23(3)14-17-9-12-22(2)19(17)16-7-6-10-20-13-16/h4-8,10-11,13,15,17,19H,9,12,14H2,1-3H3/t15-,17-,19-/m0/s1. The van der Waals surface area contributed by atoms with Crippen LogP contribution in [0.4, 0.5) is 0 Å². The molecule has 0 saturated carbocycles. The average Bonchev–Trinajstić information content (AvgIpc) is 2.96. The number of aromatic nitrogens is 2. The molecule has 23 heavy (non-hydrogen) atoms. The number of hydrogen-bond donors (Lipinski definition) is 0. The summed E-state index contributed by atoms with van der Waals surface area (Å²) in [5.41, 5.74) is 2.47. The van der Waals surface area contributed by atoms with Crippen LogP contribution in [-0.2, 0) is 0 Å². The van der Waals surface area contributed by atoms with Crippen LogP contribution in [0.25, 0.3) is 0 Å². The summed E-state index contributed by atoms with van der Waals surface area (Å²) in [4.78, 5) is 13.7. The normalized spacial score (nSPS) is 23.3. The van der Waals surface area contributed by atoms with Crippen molar-refractivity contribution in [1.29, 1.82) is 0 Å². The molecule has 0 bridgehead atoms. The van der Waals surface area contributed by atoms with Gasteiger partial charge < -0.3 is 0 Å². The minimum atomic E-state index is 0.330. The lowest BCUT2D eigenvalue weighted by atomic mass is 9.94. The Morgan fingerprint density at radius 1 is 1.26 bits per heavy atom. The van der Waals surface area contributed by atoms with Gasteiger partial charge in [0.25, 0.3) is 0 Å². The van der Waals surface area contributed by atoms with E-state index in [1.165, 1.54) is 12.0 Å². The molecule has 0 aromatic carbocycles. The average molecular weight is 310 g/mol. The minimum Gasteiger partial charge on any atom is -0.299 e. The molecule has 3 rings (SSSR count). The van der Waals surface area contributed by atoms with Crippen molar-refractivity contribution < 1.29 is 0 Å². The fourth-order valence-corrected chi connectivity index (χ4v) is 3.67. The molecule has 2 aromatic heterocycles. The summed E-state index contributed by atoms with van der Waals surface area (Å²) in [6.45, 7) is 4.46. The van der Waals surface area contributed by atoms with Crippen molar-refractivity contribution in [1.82, 2.24) is 19.8 Å². The summed E-state index contributed by atoms with van der Waals surface area (Å²) in [5, 5.41) is 0. The van der Waals surface area contributed by atoms with E-state index < -0.39 is 0 Å². The zero-order valence-corrected chi connectivity index (χ0v) is 14.3. The first kappa shape index (κ1) is 16.1. The van der Waals surface area contributed by atoms with Gasteiger partial charge in [-0.2, -0.15) is 0 Å². The molecule has 3 atom stereocenters. The van der Waals surface area contributed by atoms with Gasteiger partial charge >= 0.3 is 0 Å². The summed E-state index contributed by atoms with van der Waals surface area (Å²) in [6.07, 6.45) is 6.97. The second kappa shape index (κ2) is 7.20. The molecule has 3 heterocycles. The van der Waals surface area contributed by atoms with E-state index in [0.717, 1.165) is 18.8 Å². The second-order valence-corrected chi connectivity index (χ2v) is 6.63. The van der Waals surface area contributed by atoms with Crippen molar-refractivity contribution in [3.63, 3.8) is 0 Å². The zero-order chi connectivity index (χ0) is 16.2. The van der Waals surface area contributed by atoms with Gasteiger partial charge in [-0.1, -0.05) is 12.1 Å². The van der Waals surface area contributed by atoms with E-state index in [2.05, 4.69) is 59.0 Å². The van der Waals surface area contributed by atoms with Gasteiger partial charge in [-0.25, -0.2) is 0 Å². The summed E-state index contributed by atoms with van der Waals surface area (Å²) >= 11 is 0. The van der Waals surface area contributed by atoms with Gasteiger partial charge in [-0.05, 0) is 63.7 Å². The Balaban J connectivity index is 1.71. The Morgan fingerprint density at radius 3 is 2.83 bits per heavy atom. The van der Waals surface area contributed by atoms with E-state index in [9.17, 15) is 0 Å². The summed E-state index contributed by atoms with van der Waals surface area (Å²) in [6, 6.07) is 11.2. The van der Waals surface area contributed by atoms with Crippen LogP contribution < -0.4 is 0 Å². The molecule has 4 nitrogen and oxygen atoms in total. The zero-order valence-electron chi connectivity index (χ0n) is 14.3. The fraction of sp³-hybridized carbons (Fsp3) is 0.474. The Morgan fingerprint density at radius 2 is 2.13 bits per heavy atom. The van der Waals surface area contributed by atoms with Gasteiger partial charge in [0.15, 0.2) is 0 Å². The molecule has 0 spiro atoms. The van der Waals surface area contributed by atoms with Crippen LogP contribution in [0.5, 0.6) is 0 Å². The number of likely N-dealkylation sites (tertiary alicyclic amines) is 1. The number of pyridine rings is 2. The Labute approximate surface area is 139 Å². The van der Waals surface area contributed by atoms with Gasteiger partial charge in [-0.15, -0.1) is 0 Å². The third kappa shape index (κ3) is 3.59. The van der Waals surface area contributed by atoms with Crippen molar-refractivity contribution in [3.05, 3.63) is 60.2 Å². The first-order valence-electron chi connectivity index (χ1n) is 8.38. The van der Waals surface area contributed by atoms with Crippen LogP contribution in [0.15, 0.2) is 48.9 Å². The molecule has 1 fully saturated rings. The van der Waals surface area contributed by atoms with Crippen LogP contribution in [-0.4, -0.2) is 47.0 Å². The maximum Gasteiger partial charge on any atom is 0.0572 e. The lowest BCUT2D eigenvalue weighted by Crippen LogP contribution is -2.32. The topological polar surface area (TPSA) is 32.3 Å². The minimum absolute atomic E-state index is 0.330. The van der Waals surface area contributed by atoms with Crippen molar-refractivity contribution >= 4 is 0 Å². The molecule has 2 aromatic rings. The maximum atomic E-state index is 4.50. The molecule has 0 amide bonds. The summed E-state index contributed by atoms with van der Waals surface area (Å²) in [7, 11) is 4.43. The van der Waals surface area contributed by atoms with E-state index in [4.69, 9.17) is 0 Å². The van der Waals surface area contributed by atoms with E-state index in [0.29, 0.717) is 18.0 Å². The van der Waals surface area contributed by atoms with Gasteiger partial charge in [0.1, 0.15) is 0 Å². The SMILES string of the molecule is C[C@@H](c1ccccn1)N(C)C[C@@H]1CCN(C)[C@H]1c1cccnc1. The van der Waals surface area contributed by atoms with Crippen molar-refractivity contribution in [3.8, 4) is 0 Å². The Hall–Kier alpha value is -1.78. The maximum absolute atomic E-state index is 4.50. The predicted molar refractivity (Wildman–Crippen MR) is 93.0 cm³/mol. The van der Waals surface area contributed by atoms with Gasteiger partial charge in [0, 0.05) is 37.2 Å². The van der Waals surface area contributed by atoms with Crippen molar-refractivity contribution in [2.45, 2.75) is 25.4 Å². The second-order valence-electron chi connectivity index (χ2n) is 6.63. The molecule has 122 valence electrons. The van der Waals surface area contributed by atoms with Crippen LogP contribution in [0.2, 0.25) is 0 Å². The largest absolute Gasteiger partial charge is 0.299 e.